The van der Waals surface area contributed by atoms with Crippen LogP contribution in [-0.4, -0.2) is 23.6 Å². The summed E-state index contributed by atoms with van der Waals surface area (Å²) in [6.45, 7) is -0.455. The van der Waals surface area contributed by atoms with Crippen molar-refractivity contribution in [2.24, 2.45) is 17.8 Å². The van der Waals surface area contributed by atoms with E-state index in [1.54, 1.807) is 18.2 Å². The highest BCUT2D eigenvalue weighted by Gasteiger charge is 2.39. The topological polar surface area (TPSA) is 75.6 Å². The van der Waals surface area contributed by atoms with Gasteiger partial charge in [-0.25, -0.2) is 4.79 Å². The van der Waals surface area contributed by atoms with Gasteiger partial charge < -0.3 is 15.2 Å². The quantitative estimate of drug-likeness (QED) is 0.818. The van der Waals surface area contributed by atoms with E-state index in [1.807, 2.05) is 0 Å². The maximum absolute atomic E-state index is 12.3. The summed E-state index contributed by atoms with van der Waals surface area (Å²) in [7, 11) is 0. The van der Waals surface area contributed by atoms with E-state index in [4.69, 9.17) is 21.4 Å². The van der Waals surface area contributed by atoms with E-state index in [-0.39, 0.29) is 22.6 Å². The molecule has 2 bridgehead atoms. The summed E-state index contributed by atoms with van der Waals surface area (Å²) >= 11 is 6.04. The second-order valence-corrected chi connectivity index (χ2v) is 6.11. The van der Waals surface area contributed by atoms with Crippen LogP contribution in [0.2, 0.25) is 5.02 Å². The van der Waals surface area contributed by atoms with Crippen LogP contribution in [0.5, 0.6) is 5.75 Å². The first-order chi connectivity index (χ1) is 10.5. The van der Waals surface area contributed by atoms with Gasteiger partial charge in [0.1, 0.15) is 5.75 Å². The van der Waals surface area contributed by atoms with Crippen molar-refractivity contribution in [2.45, 2.75) is 12.8 Å². The Morgan fingerprint density at radius 1 is 1.32 bits per heavy atom. The van der Waals surface area contributed by atoms with E-state index in [0.717, 1.165) is 12.8 Å². The number of carbonyl (C=O) groups is 2. The van der Waals surface area contributed by atoms with Gasteiger partial charge in [0.05, 0.1) is 5.02 Å². The predicted octanol–water partition coefficient (Wildman–Crippen LogP) is 2.95. The van der Waals surface area contributed by atoms with Gasteiger partial charge in [-0.3, -0.25) is 4.79 Å². The Labute approximate surface area is 132 Å². The summed E-state index contributed by atoms with van der Waals surface area (Å²) in [6.07, 6.45) is 6.30. The first-order valence-electron chi connectivity index (χ1n) is 7.16. The van der Waals surface area contributed by atoms with E-state index < -0.39 is 12.6 Å². The lowest BCUT2D eigenvalue weighted by Crippen LogP contribution is -2.25. The fourth-order valence-corrected chi connectivity index (χ4v) is 3.39. The molecule has 0 aromatic heterocycles. The van der Waals surface area contributed by atoms with Gasteiger partial charge in [-0.15, -0.1) is 0 Å². The molecule has 116 valence electrons. The van der Waals surface area contributed by atoms with Crippen molar-refractivity contribution in [1.29, 1.82) is 0 Å². The number of benzene rings is 1. The number of anilines is 1. The number of carbonyl (C=O) groups excluding carboxylic acids is 1. The molecule has 3 unspecified atom stereocenters. The van der Waals surface area contributed by atoms with Crippen molar-refractivity contribution in [1.82, 2.24) is 0 Å². The summed E-state index contributed by atoms with van der Waals surface area (Å²) < 4.78 is 5.04. The van der Waals surface area contributed by atoms with Gasteiger partial charge in [-0.05, 0) is 42.9 Å². The summed E-state index contributed by atoms with van der Waals surface area (Å²) in [4.78, 5) is 22.8. The van der Waals surface area contributed by atoms with Crippen molar-refractivity contribution >= 4 is 29.2 Å². The lowest BCUT2D eigenvalue weighted by atomic mass is 9.93. The zero-order valence-electron chi connectivity index (χ0n) is 11.8. The van der Waals surface area contributed by atoms with E-state index in [2.05, 4.69) is 17.5 Å². The Morgan fingerprint density at radius 3 is 2.73 bits per heavy atom. The van der Waals surface area contributed by atoms with Crippen LogP contribution in [0.3, 0.4) is 0 Å². The Balaban J connectivity index is 1.63. The van der Waals surface area contributed by atoms with Crippen molar-refractivity contribution in [2.75, 3.05) is 11.9 Å². The molecule has 1 aromatic rings. The number of carboxylic acids is 1. The van der Waals surface area contributed by atoms with Crippen molar-refractivity contribution in [3.05, 3.63) is 35.4 Å². The van der Waals surface area contributed by atoms with Gasteiger partial charge in [0.15, 0.2) is 6.61 Å². The number of hydrogen-bond acceptors (Lipinski definition) is 3. The molecule has 1 saturated carbocycles. The number of carboxylic acid groups (broad SMARTS) is 1. The third-order valence-electron chi connectivity index (χ3n) is 4.17. The second-order valence-electron chi connectivity index (χ2n) is 5.70. The number of aliphatic carboxylic acids is 1. The van der Waals surface area contributed by atoms with Gasteiger partial charge in [0.25, 0.3) is 0 Å². The molecule has 0 saturated heterocycles. The smallest absolute Gasteiger partial charge is 0.341 e. The third-order valence-corrected chi connectivity index (χ3v) is 4.46. The van der Waals surface area contributed by atoms with Crippen LogP contribution in [0.25, 0.3) is 0 Å². The molecule has 1 aromatic carbocycles. The fourth-order valence-electron chi connectivity index (χ4n) is 3.15. The Hall–Kier alpha value is -2.01. The number of halogens is 1. The molecule has 0 spiro atoms. The van der Waals surface area contributed by atoms with Crippen LogP contribution in [0.15, 0.2) is 30.4 Å². The maximum atomic E-state index is 12.3. The number of ether oxygens (including phenoxy) is 1. The molecule has 1 fully saturated rings. The predicted molar refractivity (Wildman–Crippen MR) is 82.1 cm³/mol. The Bertz CT molecular complexity index is 643. The number of amides is 1. The molecule has 2 N–H and O–H groups in total. The molecule has 1 amide bonds. The fraction of sp³-hybridized carbons (Fsp3) is 0.375. The zero-order valence-corrected chi connectivity index (χ0v) is 12.5. The average Bonchev–Trinajstić information content (AvgIpc) is 3.09. The standard InChI is InChI=1S/C16H16ClNO4/c17-13-7-11(3-4-14(13)22-8-15(19)20)18-16(21)12-6-9-1-2-10(12)5-9/h1-4,7,9-10,12H,5-6,8H2,(H,18,21)(H,19,20). The zero-order chi connectivity index (χ0) is 15.7. The largest absolute Gasteiger partial charge is 0.480 e. The first-order valence-corrected chi connectivity index (χ1v) is 7.54. The minimum atomic E-state index is -1.07. The van der Waals surface area contributed by atoms with E-state index in [9.17, 15) is 9.59 Å². The SMILES string of the molecule is O=C(O)COc1ccc(NC(=O)C2CC3C=CC2C3)cc1Cl. The molecule has 2 aliphatic rings. The van der Waals surface area contributed by atoms with Crippen LogP contribution in [-0.2, 0) is 9.59 Å². The summed E-state index contributed by atoms with van der Waals surface area (Å²) in [6, 6.07) is 4.78. The number of fused-ring (bicyclic) bond motifs is 2. The second kappa shape index (κ2) is 6.01. The van der Waals surface area contributed by atoms with Crippen LogP contribution in [0.4, 0.5) is 5.69 Å². The minimum Gasteiger partial charge on any atom is -0.480 e. The van der Waals surface area contributed by atoms with E-state index in [0.29, 0.717) is 17.5 Å². The maximum Gasteiger partial charge on any atom is 0.341 e. The number of nitrogens with one attached hydrogen (secondary N) is 1. The summed E-state index contributed by atoms with van der Waals surface area (Å²) in [5.74, 6) is 0.126. The lowest BCUT2D eigenvalue weighted by molar-refractivity contribution is -0.139. The van der Waals surface area contributed by atoms with Gasteiger partial charge in [-0.2, -0.15) is 0 Å². The molecule has 3 atom stereocenters. The van der Waals surface area contributed by atoms with Crippen LogP contribution < -0.4 is 10.1 Å². The molecular weight excluding hydrogens is 306 g/mol. The van der Waals surface area contributed by atoms with Crippen LogP contribution in [0, 0.1) is 17.8 Å². The number of hydrogen-bond donors (Lipinski definition) is 2. The number of rotatable bonds is 5. The molecule has 22 heavy (non-hydrogen) atoms. The van der Waals surface area contributed by atoms with E-state index in [1.165, 1.54) is 0 Å². The molecular formula is C16H16ClNO4. The van der Waals surface area contributed by atoms with Crippen molar-refractivity contribution in [3.8, 4) is 5.75 Å². The van der Waals surface area contributed by atoms with E-state index >= 15 is 0 Å². The molecule has 5 nitrogen and oxygen atoms in total. The summed E-state index contributed by atoms with van der Waals surface area (Å²) in [5.41, 5.74) is 0.587. The lowest BCUT2D eigenvalue weighted by Gasteiger charge is -2.18. The van der Waals surface area contributed by atoms with Crippen molar-refractivity contribution in [3.63, 3.8) is 0 Å². The normalized spacial score (nSPS) is 25.2. The highest BCUT2D eigenvalue weighted by Crippen LogP contribution is 2.43. The van der Waals surface area contributed by atoms with Gasteiger partial charge in [-0.1, -0.05) is 23.8 Å². The number of allylic oxidation sites excluding steroid dienone is 2. The molecule has 0 aliphatic heterocycles. The highest BCUT2D eigenvalue weighted by atomic mass is 35.5. The first kappa shape index (κ1) is 14.9. The molecule has 6 heteroatoms. The minimum absolute atomic E-state index is 0.00659. The van der Waals surface area contributed by atoms with Gasteiger partial charge in [0.2, 0.25) is 5.91 Å². The Kier molecular flexibility index (Phi) is 4.07. The monoisotopic (exact) mass is 321 g/mol. The molecule has 3 rings (SSSR count). The van der Waals surface area contributed by atoms with Crippen molar-refractivity contribution < 1.29 is 19.4 Å². The van der Waals surface area contributed by atoms with Crippen LogP contribution in [0.1, 0.15) is 12.8 Å². The summed E-state index contributed by atoms with van der Waals surface area (Å²) in [5, 5.41) is 11.7. The molecule has 2 aliphatic carbocycles. The average molecular weight is 322 g/mol. The van der Waals surface area contributed by atoms with Gasteiger partial charge >= 0.3 is 5.97 Å². The third kappa shape index (κ3) is 3.09. The molecule has 0 radical (unpaired) electrons. The van der Waals surface area contributed by atoms with Crippen LogP contribution >= 0.6 is 11.6 Å². The Morgan fingerprint density at radius 2 is 2.14 bits per heavy atom. The highest BCUT2D eigenvalue weighted by molar-refractivity contribution is 6.32. The van der Waals surface area contributed by atoms with Gasteiger partial charge in [0, 0.05) is 11.6 Å². The molecule has 0 heterocycles.